The molecule has 2 aromatic rings. The number of pyridine rings is 1. The van der Waals surface area contributed by atoms with Crippen LogP contribution in [0.2, 0.25) is 0 Å². The van der Waals surface area contributed by atoms with Crippen molar-refractivity contribution in [3.63, 3.8) is 0 Å². The molecule has 0 bridgehead atoms. The van der Waals surface area contributed by atoms with Crippen LogP contribution < -0.4 is 4.90 Å². The second-order valence-electron chi connectivity index (χ2n) is 8.51. The van der Waals surface area contributed by atoms with Crippen LogP contribution in [0, 0.1) is 17.7 Å². The van der Waals surface area contributed by atoms with Crippen molar-refractivity contribution in [1.29, 1.82) is 0 Å². The lowest BCUT2D eigenvalue weighted by molar-refractivity contribution is -0.135. The van der Waals surface area contributed by atoms with E-state index in [1.54, 1.807) is 6.07 Å². The van der Waals surface area contributed by atoms with Crippen molar-refractivity contribution in [2.75, 3.05) is 50.7 Å². The van der Waals surface area contributed by atoms with Gasteiger partial charge in [-0.3, -0.25) is 9.69 Å². The van der Waals surface area contributed by atoms with Crippen LogP contribution in [-0.2, 0) is 4.79 Å². The Morgan fingerprint density at radius 1 is 1.07 bits per heavy atom. The van der Waals surface area contributed by atoms with E-state index in [9.17, 15) is 9.18 Å². The molecule has 0 saturated carbocycles. The topological polar surface area (TPSA) is 39.7 Å². The van der Waals surface area contributed by atoms with E-state index in [4.69, 9.17) is 0 Å². The van der Waals surface area contributed by atoms with E-state index in [1.807, 2.05) is 17.0 Å². The molecule has 2 saturated heterocycles. The number of aromatic nitrogens is 1. The molecule has 3 heterocycles. The van der Waals surface area contributed by atoms with Gasteiger partial charge >= 0.3 is 0 Å². The molecule has 6 heteroatoms. The lowest BCUT2D eigenvalue weighted by Crippen LogP contribution is -2.52. The monoisotopic (exact) mass is 384 g/mol. The summed E-state index contributed by atoms with van der Waals surface area (Å²) in [5, 5.41) is 0.944. The highest BCUT2D eigenvalue weighted by molar-refractivity contribution is 5.80. The molecule has 4 rings (SSSR count). The van der Waals surface area contributed by atoms with Gasteiger partial charge in [0.2, 0.25) is 5.91 Å². The molecule has 2 atom stereocenters. The summed E-state index contributed by atoms with van der Waals surface area (Å²) in [7, 11) is 0. The van der Waals surface area contributed by atoms with Crippen LogP contribution in [0.15, 0.2) is 30.3 Å². The van der Waals surface area contributed by atoms with Crippen molar-refractivity contribution in [2.45, 2.75) is 20.3 Å². The zero-order valence-corrected chi connectivity index (χ0v) is 16.8. The first-order valence-corrected chi connectivity index (χ1v) is 10.3. The number of nitrogens with zero attached hydrogens (tertiary/aromatic N) is 4. The number of piperazine rings is 1. The average molecular weight is 384 g/mol. The summed E-state index contributed by atoms with van der Waals surface area (Å²) in [6.07, 6.45) is 1.21. The van der Waals surface area contributed by atoms with Gasteiger partial charge in [-0.15, -0.1) is 0 Å². The van der Waals surface area contributed by atoms with Gasteiger partial charge in [0.15, 0.2) is 0 Å². The van der Waals surface area contributed by atoms with Crippen molar-refractivity contribution in [1.82, 2.24) is 14.8 Å². The Bertz CT molecular complexity index is 840. The van der Waals surface area contributed by atoms with E-state index in [1.165, 1.54) is 18.6 Å². The maximum atomic E-state index is 13.5. The van der Waals surface area contributed by atoms with Crippen LogP contribution in [0.1, 0.15) is 20.3 Å². The number of piperidine rings is 1. The number of halogens is 1. The minimum absolute atomic E-state index is 0.256. The van der Waals surface area contributed by atoms with Crippen LogP contribution in [0.4, 0.5) is 10.2 Å². The standard InChI is InChI=1S/C22H29FN4O/c1-16-11-17(2)14-27(13-16)22(28)15-25-7-9-26(10-8-25)21-6-4-18-3-5-19(23)12-20(18)24-21/h3-6,12,16-17H,7-11,13-15H2,1-2H3/t16-,17-/m0/s1. The predicted octanol–water partition coefficient (Wildman–Crippen LogP) is 3.00. The van der Waals surface area contributed by atoms with Gasteiger partial charge < -0.3 is 9.80 Å². The normalized spacial score (nSPS) is 24.0. The minimum atomic E-state index is -0.262. The Balaban J connectivity index is 1.34. The third-order valence-corrected chi connectivity index (χ3v) is 5.92. The molecule has 0 unspecified atom stereocenters. The van der Waals surface area contributed by atoms with Crippen LogP contribution in [0.3, 0.4) is 0 Å². The highest BCUT2D eigenvalue weighted by Gasteiger charge is 2.27. The fourth-order valence-electron chi connectivity index (χ4n) is 4.55. The molecule has 28 heavy (non-hydrogen) atoms. The summed E-state index contributed by atoms with van der Waals surface area (Å²) < 4.78 is 13.5. The van der Waals surface area contributed by atoms with Gasteiger partial charge in [-0.2, -0.15) is 0 Å². The van der Waals surface area contributed by atoms with E-state index in [-0.39, 0.29) is 11.7 Å². The van der Waals surface area contributed by atoms with Gasteiger partial charge in [-0.25, -0.2) is 9.37 Å². The van der Waals surface area contributed by atoms with Gasteiger partial charge in [0.1, 0.15) is 11.6 Å². The van der Waals surface area contributed by atoms with Gasteiger partial charge in [-0.1, -0.05) is 13.8 Å². The number of fused-ring (bicyclic) bond motifs is 1. The number of carbonyl (C=O) groups excluding carboxylic acids is 1. The molecule has 1 aromatic carbocycles. The Morgan fingerprint density at radius 2 is 1.75 bits per heavy atom. The lowest BCUT2D eigenvalue weighted by atomic mass is 9.92. The lowest BCUT2D eigenvalue weighted by Gasteiger charge is -2.38. The number of hydrogen-bond acceptors (Lipinski definition) is 4. The van der Waals surface area contributed by atoms with Crippen molar-refractivity contribution in [3.05, 3.63) is 36.1 Å². The van der Waals surface area contributed by atoms with Crippen molar-refractivity contribution < 1.29 is 9.18 Å². The smallest absolute Gasteiger partial charge is 0.236 e. The highest BCUT2D eigenvalue weighted by atomic mass is 19.1. The van der Waals surface area contributed by atoms with Crippen molar-refractivity contribution in [3.8, 4) is 0 Å². The fraction of sp³-hybridized carbons (Fsp3) is 0.545. The largest absolute Gasteiger partial charge is 0.354 e. The number of benzene rings is 1. The van der Waals surface area contributed by atoms with E-state index in [2.05, 4.69) is 28.6 Å². The number of hydrogen-bond donors (Lipinski definition) is 0. The summed E-state index contributed by atoms with van der Waals surface area (Å²) in [4.78, 5) is 23.8. The molecule has 0 radical (unpaired) electrons. The molecule has 150 valence electrons. The van der Waals surface area contributed by atoms with E-state index < -0.39 is 0 Å². The SMILES string of the molecule is C[C@H]1C[C@H](C)CN(C(=O)CN2CCN(c3ccc4ccc(F)cc4n3)CC2)C1. The van der Waals surface area contributed by atoms with E-state index >= 15 is 0 Å². The number of rotatable bonds is 3. The van der Waals surface area contributed by atoms with Crippen LogP contribution >= 0.6 is 0 Å². The summed E-state index contributed by atoms with van der Waals surface area (Å²) in [5.41, 5.74) is 0.684. The van der Waals surface area contributed by atoms with Crippen molar-refractivity contribution >= 4 is 22.6 Å². The first-order chi connectivity index (χ1) is 13.5. The molecular weight excluding hydrogens is 355 g/mol. The molecule has 1 amide bonds. The zero-order valence-electron chi connectivity index (χ0n) is 16.8. The third-order valence-electron chi connectivity index (χ3n) is 5.92. The Kier molecular flexibility index (Phi) is 5.49. The van der Waals surface area contributed by atoms with Crippen LogP contribution in [0.25, 0.3) is 10.9 Å². The zero-order chi connectivity index (χ0) is 19.7. The highest BCUT2D eigenvalue weighted by Crippen LogP contribution is 2.22. The summed E-state index contributed by atoms with van der Waals surface area (Å²) >= 11 is 0. The van der Waals surface area contributed by atoms with Crippen LogP contribution in [-0.4, -0.2) is 66.5 Å². The van der Waals surface area contributed by atoms with E-state index in [0.717, 1.165) is 50.5 Å². The fourth-order valence-corrected chi connectivity index (χ4v) is 4.55. The van der Waals surface area contributed by atoms with Gasteiger partial charge in [-0.05, 0) is 42.5 Å². The average Bonchev–Trinajstić information content (AvgIpc) is 2.67. The molecule has 2 fully saturated rings. The minimum Gasteiger partial charge on any atom is -0.354 e. The number of likely N-dealkylation sites (tertiary alicyclic amines) is 1. The Labute approximate surface area is 166 Å². The van der Waals surface area contributed by atoms with Gasteiger partial charge in [0.25, 0.3) is 0 Å². The van der Waals surface area contributed by atoms with Gasteiger partial charge in [0, 0.05) is 50.7 Å². The molecule has 0 aliphatic carbocycles. The first-order valence-electron chi connectivity index (χ1n) is 10.3. The molecule has 0 spiro atoms. The molecular formula is C22H29FN4O. The third kappa shape index (κ3) is 4.27. The molecule has 0 N–H and O–H groups in total. The molecule has 1 aromatic heterocycles. The second-order valence-corrected chi connectivity index (χ2v) is 8.51. The maximum absolute atomic E-state index is 13.5. The van der Waals surface area contributed by atoms with Crippen LogP contribution in [0.5, 0.6) is 0 Å². The Morgan fingerprint density at radius 3 is 2.46 bits per heavy atom. The molecule has 2 aliphatic rings. The molecule has 5 nitrogen and oxygen atoms in total. The summed E-state index contributed by atoms with van der Waals surface area (Å²) in [5.74, 6) is 2.05. The summed E-state index contributed by atoms with van der Waals surface area (Å²) in [6.45, 7) is 10.1. The van der Waals surface area contributed by atoms with Crippen molar-refractivity contribution in [2.24, 2.45) is 11.8 Å². The molecule has 2 aliphatic heterocycles. The van der Waals surface area contributed by atoms with E-state index in [0.29, 0.717) is 23.9 Å². The number of amides is 1. The second kappa shape index (κ2) is 8.03. The maximum Gasteiger partial charge on any atom is 0.236 e. The number of carbonyl (C=O) groups is 1. The first kappa shape index (κ1) is 19.1. The summed E-state index contributed by atoms with van der Waals surface area (Å²) in [6, 6.07) is 8.69. The predicted molar refractivity (Wildman–Crippen MR) is 110 cm³/mol. The van der Waals surface area contributed by atoms with Gasteiger partial charge in [0.05, 0.1) is 12.1 Å². The Hall–Kier alpha value is -2.21. The quantitative estimate of drug-likeness (QED) is 0.816. The number of anilines is 1.